The summed E-state index contributed by atoms with van der Waals surface area (Å²) in [4.78, 5) is 37.5. The van der Waals surface area contributed by atoms with Crippen molar-refractivity contribution in [2.75, 3.05) is 0 Å². The second-order valence-corrected chi connectivity index (χ2v) is 9.79. The van der Waals surface area contributed by atoms with Crippen LogP contribution in [0.15, 0.2) is 0 Å². The second kappa shape index (κ2) is 5.25. The molecular formula is C21H30O4. The zero-order chi connectivity index (χ0) is 18.2. The Morgan fingerprint density at radius 2 is 1.84 bits per heavy atom. The van der Waals surface area contributed by atoms with E-state index in [2.05, 4.69) is 6.92 Å². The minimum atomic E-state index is -1.35. The SMILES string of the molecule is CC(=O)[C@]1(O)CC[C@H]2[C@@H]3CC[C@@H]4CC(=O)CC[C@]4(C)[C@H]3C(=O)C[C@@]21C. The molecule has 4 aliphatic carbocycles. The van der Waals surface area contributed by atoms with Crippen LogP contribution >= 0.6 is 0 Å². The summed E-state index contributed by atoms with van der Waals surface area (Å²) in [6, 6.07) is 0. The summed E-state index contributed by atoms with van der Waals surface area (Å²) in [6.45, 7) is 5.67. The number of rotatable bonds is 1. The highest BCUT2D eigenvalue weighted by molar-refractivity contribution is 5.90. The topological polar surface area (TPSA) is 71.4 Å². The Morgan fingerprint density at radius 1 is 1.12 bits per heavy atom. The van der Waals surface area contributed by atoms with Gasteiger partial charge in [0.05, 0.1) is 0 Å². The molecule has 4 nitrogen and oxygen atoms in total. The van der Waals surface area contributed by atoms with E-state index < -0.39 is 11.0 Å². The summed E-state index contributed by atoms with van der Waals surface area (Å²) in [5, 5.41) is 11.1. The van der Waals surface area contributed by atoms with Crippen molar-refractivity contribution in [1.29, 1.82) is 0 Å². The van der Waals surface area contributed by atoms with Gasteiger partial charge in [-0.3, -0.25) is 14.4 Å². The van der Waals surface area contributed by atoms with Crippen LogP contribution in [0.5, 0.6) is 0 Å². The Balaban J connectivity index is 1.72. The molecule has 0 aromatic heterocycles. The Labute approximate surface area is 149 Å². The number of Topliss-reactive ketones (excluding diaryl/α,β-unsaturated/α-hetero) is 3. The highest BCUT2D eigenvalue weighted by Gasteiger charge is 2.68. The number of hydrogen-bond donors (Lipinski definition) is 1. The Morgan fingerprint density at radius 3 is 2.52 bits per heavy atom. The molecule has 0 aromatic carbocycles. The lowest BCUT2D eigenvalue weighted by molar-refractivity contribution is -0.176. The lowest BCUT2D eigenvalue weighted by Gasteiger charge is -2.59. The Bertz CT molecular complexity index is 654. The molecule has 1 N–H and O–H groups in total. The van der Waals surface area contributed by atoms with Crippen molar-refractivity contribution in [3.63, 3.8) is 0 Å². The minimum absolute atomic E-state index is 0.00623. The third-order valence-electron chi connectivity index (χ3n) is 8.90. The first-order valence-corrected chi connectivity index (χ1v) is 9.91. The average molecular weight is 346 g/mol. The van der Waals surface area contributed by atoms with Crippen molar-refractivity contribution in [2.24, 2.45) is 34.5 Å². The molecule has 0 bridgehead atoms. The van der Waals surface area contributed by atoms with E-state index in [-0.39, 0.29) is 34.7 Å². The van der Waals surface area contributed by atoms with Crippen LogP contribution in [0.2, 0.25) is 0 Å². The molecule has 4 heteroatoms. The van der Waals surface area contributed by atoms with Crippen LogP contribution < -0.4 is 0 Å². The molecule has 25 heavy (non-hydrogen) atoms. The Hall–Kier alpha value is -1.03. The average Bonchev–Trinajstić information content (AvgIpc) is 2.80. The zero-order valence-electron chi connectivity index (χ0n) is 15.6. The van der Waals surface area contributed by atoms with Crippen LogP contribution in [0.3, 0.4) is 0 Å². The van der Waals surface area contributed by atoms with Crippen LogP contribution in [0, 0.1) is 34.5 Å². The molecule has 0 aromatic rings. The van der Waals surface area contributed by atoms with E-state index in [0.717, 1.165) is 25.7 Å². The first-order valence-electron chi connectivity index (χ1n) is 9.91. The number of ketones is 3. The maximum Gasteiger partial charge on any atom is 0.161 e. The molecule has 4 aliphatic rings. The van der Waals surface area contributed by atoms with Gasteiger partial charge in [0.2, 0.25) is 0 Å². The molecule has 0 aliphatic heterocycles. The fraction of sp³-hybridized carbons (Fsp3) is 0.857. The standard InChI is InChI=1S/C21H30O4/c1-12(22)21(25)9-7-16-15-5-4-13-10-14(23)6-8-19(13,2)18(15)17(24)11-20(16,21)3/h13,15-16,18,25H,4-11H2,1-3H3/t13-,15+,16+,18-,19+,20+,21-/m1/s1. The fourth-order valence-corrected chi connectivity index (χ4v) is 7.44. The van der Waals surface area contributed by atoms with Crippen LogP contribution in [-0.4, -0.2) is 28.1 Å². The van der Waals surface area contributed by atoms with E-state index in [1.54, 1.807) is 0 Å². The van der Waals surface area contributed by atoms with E-state index in [1.807, 2.05) is 6.92 Å². The molecular weight excluding hydrogens is 316 g/mol. The van der Waals surface area contributed by atoms with Crippen LogP contribution in [0.4, 0.5) is 0 Å². The van der Waals surface area contributed by atoms with Crippen molar-refractivity contribution in [3.8, 4) is 0 Å². The molecule has 0 radical (unpaired) electrons. The number of fused-ring (bicyclic) bond motifs is 5. The molecule has 0 heterocycles. The van der Waals surface area contributed by atoms with E-state index in [9.17, 15) is 19.5 Å². The van der Waals surface area contributed by atoms with Gasteiger partial charge in [-0.05, 0) is 62.2 Å². The normalized spacial score (nSPS) is 52.3. The molecule has 0 spiro atoms. The number of carbonyl (C=O) groups excluding carboxylic acids is 3. The van der Waals surface area contributed by atoms with Crippen molar-refractivity contribution in [3.05, 3.63) is 0 Å². The van der Waals surface area contributed by atoms with Crippen molar-refractivity contribution in [1.82, 2.24) is 0 Å². The summed E-state index contributed by atoms with van der Waals surface area (Å²) >= 11 is 0. The summed E-state index contributed by atoms with van der Waals surface area (Å²) in [5.74, 6) is 1.22. The molecule has 4 fully saturated rings. The highest BCUT2D eigenvalue weighted by atomic mass is 16.3. The molecule has 0 amide bonds. The van der Waals surface area contributed by atoms with Crippen molar-refractivity contribution in [2.45, 2.75) is 77.7 Å². The van der Waals surface area contributed by atoms with Gasteiger partial charge < -0.3 is 5.11 Å². The lowest BCUT2D eigenvalue weighted by Crippen LogP contribution is -2.61. The van der Waals surface area contributed by atoms with Gasteiger partial charge in [0, 0.05) is 30.6 Å². The smallest absolute Gasteiger partial charge is 0.161 e. The van der Waals surface area contributed by atoms with Gasteiger partial charge in [-0.25, -0.2) is 0 Å². The quantitative estimate of drug-likeness (QED) is 0.792. The third kappa shape index (κ3) is 2.06. The third-order valence-corrected chi connectivity index (χ3v) is 8.90. The largest absolute Gasteiger partial charge is 0.381 e. The molecule has 4 saturated carbocycles. The summed E-state index contributed by atoms with van der Waals surface area (Å²) in [7, 11) is 0. The van der Waals surface area contributed by atoms with Gasteiger partial charge in [-0.2, -0.15) is 0 Å². The summed E-state index contributed by atoms with van der Waals surface area (Å²) < 4.78 is 0. The van der Waals surface area contributed by atoms with Crippen LogP contribution in [0.1, 0.15) is 72.1 Å². The Kier molecular flexibility index (Phi) is 3.65. The molecule has 4 rings (SSSR count). The maximum absolute atomic E-state index is 13.3. The van der Waals surface area contributed by atoms with Gasteiger partial charge in [-0.1, -0.05) is 13.8 Å². The van der Waals surface area contributed by atoms with Crippen molar-refractivity contribution < 1.29 is 19.5 Å². The zero-order valence-corrected chi connectivity index (χ0v) is 15.6. The van der Waals surface area contributed by atoms with E-state index in [1.165, 1.54) is 6.92 Å². The monoisotopic (exact) mass is 346 g/mol. The second-order valence-electron chi connectivity index (χ2n) is 9.79. The van der Waals surface area contributed by atoms with E-state index in [0.29, 0.717) is 37.4 Å². The first-order chi connectivity index (χ1) is 11.6. The molecule has 7 atom stereocenters. The number of aliphatic hydroxyl groups is 1. The number of carbonyl (C=O) groups is 3. The lowest BCUT2D eigenvalue weighted by atomic mass is 9.44. The van der Waals surface area contributed by atoms with E-state index >= 15 is 0 Å². The summed E-state index contributed by atoms with van der Waals surface area (Å²) in [5.41, 5.74) is -2.05. The fourth-order valence-electron chi connectivity index (χ4n) is 7.44. The van der Waals surface area contributed by atoms with E-state index in [4.69, 9.17) is 0 Å². The predicted molar refractivity (Wildman–Crippen MR) is 92.8 cm³/mol. The van der Waals surface area contributed by atoms with Gasteiger partial charge in [-0.15, -0.1) is 0 Å². The predicted octanol–water partition coefficient (Wildman–Crippen LogP) is 3.10. The molecule has 138 valence electrons. The molecule has 0 saturated heterocycles. The van der Waals surface area contributed by atoms with Gasteiger partial charge in [0.1, 0.15) is 17.2 Å². The van der Waals surface area contributed by atoms with Crippen LogP contribution in [0.25, 0.3) is 0 Å². The minimum Gasteiger partial charge on any atom is -0.381 e. The van der Waals surface area contributed by atoms with Crippen molar-refractivity contribution >= 4 is 17.3 Å². The first kappa shape index (κ1) is 17.4. The highest BCUT2D eigenvalue weighted by Crippen LogP contribution is 2.67. The van der Waals surface area contributed by atoms with Crippen LogP contribution in [-0.2, 0) is 14.4 Å². The van der Waals surface area contributed by atoms with Gasteiger partial charge in [0.15, 0.2) is 5.78 Å². The molecule has 0 unspecified atom stereocenters. The number of hydrogen-bond acceptors (Lipinski definition) is 4. The van der Waals surface area contributed by atoms with Gasteiger partial charge in [0.25, 0.3) is 0 Å². The summed E-state index contributed by atoms with van der Waals surface area (Å²) in [6.07, 6.45) is 5.64. The van der Waals surface area contributed by atoms with Gasteiger partial charge >= 0.3 is 0 Å². The maximum atomic E-state index is 13.3.